The maximum absolute atomic E-state index is 12.8. The van der Waals surface area contributed by atoms with Gasteiger partial charge in [0.1, 0.15) is 0 Å². The van der Waals surface area contributed by atoms with Crippen LogP contribution in [0.1, 0.15) is 106 Å². The number of carbonyl (C=O) groups is 2. The first-order valence-corrected chi connectivity index (χ1v) is 30.2. The minimum atomic E-state index is -1.60. The van der Waals surface area contributed by atoms with E-state index in [1.54, 1.807) is 24.3 Å². The molecule has 0 bridgehead atoms. The van der Waals surface area contributed by atoms with E-state index in [9.17, 15) is 9.59 Å². The molecule has 57 heavy (non-hydrogen) atoms. The maximum atomic E-state index is 12.8. The number of rotatable bonds is 28. The largest absolute Gasteiger partial charge is 0.462 e. The van der Waals surface area contributed by atoms with Crippen LogP contribution in [0.3, 0.4) is 0 Å². The molecule has 316 valence electrons. The van der Waals surface area contributed by atoms with E-state index in [0.717, 1.165) is 75.2 Å². The van der Waals surface area contributed by atoms with Gasteiger partial charge in [0.15, 0.2) is 17.4 Å². The maximum Gasteiger partial charge on any atom is 0.338 e. The highest BCUT2D eigenvalue weighted by Crippen LogP contribution is 2.22. The first-order valence-electron chi connectivity index (χ1n) is 21.6. The number of unbranched alkanes of at least 4 members (excludes halogenated alkanes) is 2. The quantitative estimate of drug-likeness (QED) is 0.0366. The Morgan fingerprint density at radius 1 is 0.649 bits per heavy atom. The number of nitrogens with one attached hydrogen (secondary N) is 3. The highest BCUT2D eigenvalue weighted by atomic mass is 28.4. The van der Waals surface area contributed by atoms with Crippen molar-refractivity contribution in [3.8, 4) is 0 Å². The van der Waals surface area contributed by atoms with Crippen LogP contribution in [0, 0.1) is 11.8 Å². The summed E-state index contributed by atoms with van der Waals surface area (Å²) in [6, 6.07) is 18.0. The van der Waals surface area contributed by atoms with Crippen molar-refractivity contribution in [1.29, 1.82) is 0 Å². The van der Waals surface area contributed by atoms with Gasteiger partial charge in [-0.05, 0) is 111 Å². The van der Waals surface area contributed by atoms with E-state index in [-0.39, 0.29) is 11.9 Å². The molecule has 0 spiro atoms. The molecule has 3 aromatic rings. The molecule has 3 N–H and O–H groups in total. The van der Waals surface area contributed by atoms with Crippen LogP contribution in [0.2, 0.25) is 50.9 Å². The normalized spacial score (nSPS) is 13.2. The summed E-state index contributed by atoms with van der Waals surface area (Å²) < 4.78 is 18.0. The van der Waals surface area contributed by atoms with Gasteiger partial charge in [0.05, 0.1) is 24.3 Å². The van der Waals surface area contributed by atoms with Crippen molar-refractivity contribution < 1.29 is 23.2 Å². The Labute approximate surface area is 347 Å². The number of ether oxygens (including phenoxy) is 2. The highest BCUT2D eigenvalue weighted by molar-refractivity contribution is 6.77. The van der Waals surface area contributed by atoms with Gasteiger partial charge in [0.25, 0.3) is 0 Å². The third-order valence-electron chi connectivity index (χ3n) is 9.95. The molecule has 0 aliphatic heterocycles. The Morgan fingerprint density at radius 3 is 1.51 bits per heavy atom. The standard InChI is InChI=1S/C43H72N6O5Si3/c1-10-14-17-33(12-3)31-52-39(50)35-19-23-37(24-20-35)45-42-47-41(44-27-16-28-56(30-29-55(5)6)54-57(7,8)9)48-43(49-42)46-38-25-21-36(22-26-38)40(51)53-32-34(13-4)18-15-11-2/h19-26,33-34,55-56H,10-18,27-32H2,1-9H3,(H3,44,45,46,47,48,49). The van der Waals surface area contributed by atoms with Crippen LogP contribution in [-0.4, -0.2) is 72.8 Å². The summed E-state index contributed by atoms with van der Waals surface area (Å²) >= 11 is 0. The molecular formula is C43H72N6O5Si3. The fraction of sp³-hybridized carbons (Fsp3) is 0.605. The molecule has 0 aliphatic carbocycles. The third-order valence-corrected chi connectivity index (χ3v) is 18.3. The summed E-state index contributed by atoms with van der Waals surface area (Å²) in [6.45, 7) is 21.9. The lowest BCUT2D eigenvalue weighted by atomic mass is 10.0. The fourth-order valence-corrected chi connectivity index (χ4v) is 16.4. The van der Waals surface area contributed by atoms with Crippen LogP contribution in [-0.2, 0) is 13.6 Å². The number of aromatic nitrogens is 3. The second-order valence-corrected chi connectivity index (χ2v) is 27.6. The van der Waals surface area contributed by atoms with Gasteiger partial charge in [-0.3, -0.25) is 0 Å². The highest BCUT2D eigenvalue weighted by Gasteiger charge is 2.22. The lowest BCUT2D eigenvalue weighted by molar-refractivity contribution is 0.0419. The minimum absolute atomic E-state index is 0.321. The number of hydrogen-bond donors (Lipinski definition) is 3. The van der Waals surface area contributed by atoms with Gasteiger partial charge < -0.3 is 29.5 Å². The van der Waals surface area contributed by atoms with Gasteiger partial charge in [-0.2, -0.15) is 15.0 Å². The molecule has 1 aromatic heterocycles. The first kappa shape index (κ1) is 47.8. The Hall–Kier alpha value is -3.60. The average Bonchev–Trinajstić information content (AvgIpc) is 3.18. The number of anilines is 5. The van der Waals surface area contributed by atoms with Crippen molar-refractivity contribution in [2.45, 2.75) is 136 Å². The van der Waals surface area contributed by atoms with Crippen LogP contribution in [0.25, 0.3) is 0 Å². The summed E-state index contributed by atoms with van der Waals surface area (Å²) in [5.74, 6) is 1.25. The Kier molecular flexibility index (Phi) is 21.5. The Morgan fingerprint density at radius 2 is 1.11 bits per heavy atom. The molecule has 0 saturated heterocycles. The first-order chi connectivity index (χ1) is 27.3. The molecule has 3 rings (SSSR count). The lowest BCUT2D eigenvalue weighted by Crippen LogP contribution is -2.35. The molecule has 14 heteroatoms. The van der Waals surface area contributed by atoms with Crippen LogP contribution in [0.5, 0.6) is 0 Å². The Bertz CT molecular complexity index is 1510. The summed E-state index contributed by atoms with van der Waals surface area (Å²) in [4.78, 5) is 39.7. The molecule has 0 saturated carbocycles. The van der Waals surface area contributed by atoms with E-state index < -0.39 is 26.2 Å². The number of esters is 2. The topological polar surface area (TPSA) is 137 Å². The molecule has 2 aromatic carbocycles. The van der Waals surface area contributed by atoms with Gasteiger partial charge in [-0.15, -0.1) is 0 Å². The van der Waals surface area contributed by atoms with Crippen LogP contribution in [0.15, 0.2) is 48.5 Å². The van der Waals surface area contributed by atoms with Crippen LogP contribution >= 0.6 is 0 Å². The smallest absolute Gasteiger partial charge is 0.338 e. The fourth-order valence-electron chi connectivity index (χ4n) is 6.37. The van der Waals surface area contributed by atoms with Crippen molar-refractivity contribution in [3.63, 3.8) is 0 Å². The van der Waals surface area contributed by atoms with E-state index >= 15 is 0 Å². The van der Waals surface area contributed by atoms with E-state index in [4.69, 9.17) is 23.6 Å². The van der Waals surface area contributed by atoms with Crippen LogP contribution in [0.4, 0.5) is 29.2 Å². The van der Waals surface area contributed by atoms with E-state index in [1.165, 1.54) is 12.1 Å². The molecule has 1 heterocycles. The predicted octanol–water partition coefficient (Wildman–Crippen LogP) is 11.0. The zero-order valence-electron chi connectivity index (χ0n) is 36.4. The van der Waals surface area contributed by atoms with Gasteiger partial charge in [-0.25, -0.2) is 9.59 Å². The lowest BCUT2D eigenvalue weighted by Gasteiger charge is -2.26. The molecule has 0 amide bonds. The Balaban J connectivity index is 1.73. The van der Waals surface area contributed by atoms with Crippen molar-refractivity contribution in [3.05, 3.63) is 59.7 Å². The molecule has 11 nitrogen and oxygen atoms in total. The molecule has 3 atom stereocenters. The van der Waals surface area contributed by atoms with Gasteiger partial charge in [0.2, 0.25) is 17.8 Å². The zero-order valence-corrected chi connectivity index (χ0v) is 39.7. The summed E-state index contributed by atoms with van der Waals surface area (Å²) in [5.41, 5.74) is 2.43. The van der Waals surface area contributed by atoms with Gasteiger partial charge in [-0.1, -0.05) is 85.4 Å². The van der Waals surface area contributed by atoms with Crippen molar-refractivity contribution >= 4 is 67.3 Å². The summed E-state index contributed by atoms with van der Waals surface area (Å²) in [7, 11) is -3.53. The van der Waals surface area contributed by atoms with Gasteiger partial charge in [0, 0.05) is 26.7 Å². The van der Waals surface area contributed by atoms with E-state index in [1.807, 2.05) is 24.3 Å². The molecule has 3 unspecified atom stereocenters. The number of benzene rings is 2. The molecule has 0 aliphatic rings. The summed E-state index contributed by atoms with van der Waals surface area (Å²) in [5, 5.41) is 10.0. The average molecular weight is 837 g/mol. The summed E-state index contributed by atoms with van der Waals surface area (Å²) in [6.07, 6.45) is 9.63. The van der Waals surface area contributed by atoms with E-state index in [2.05, 4.69) is 81.4 Å². The second-order valence-electron chi connectivity index (χ2n) is 16.6. The molecule has 0 radical (unpaired) electrons. The number of carbonyl (C=O) groups excluding carboxylic acids is 2. The minimum Gasteiger partial charge on any atom is -0.462 e. The monoisotopic (exact) mass is 836 g/mol. The van der Waals surface area contributed by atoms with Crippen molar-refractivity contribution in [2.24, 2.45) is 11.8 Å². The molecule has 0 fully saturated rings. The van der Waals surface area contributed by atoms with Crippen molar-refractivity contribution in [2.75, 3.05) is 35.7 Å². The molecular weight excluding hydrogens is 765 g/mol. The number of nitrogens with zero attached hydrogens (tertiary/aromatic N) is 3. The van der Waals surface area contributed by atoms with Crippen LogP contribution < -0.4 is 16.0 Å². The van der Waals surface area contributed by atoms with Gasteiger partial charge >= 0.3 is 11.9 Å². The second kappa shape index (κ2) is 25.7. The van der Waals surface area contributed by atoms with Crippen molar-refractivity contribution in [1.82, 2.24) is 15.0 Å². The SMILES string of the molecule is CCCCC(CC)COC(=O)c1ccc(Nc2nc(NCCC[SiH](CC[SiH](C)C)O[Si](C)(C)C)nc(Nc3ccc(C(=O)OCC(CC)CCCC)cc3)n2)cc1. The number of hydrogen-bond acceptors (Lipinski definition) is 11. The van der Waals surface area contributed by atoms with E-state index in [0.29, 0.717) is 60.6 Å². The zero-order chi connectivity index (χ0) is 41.6. The predicted molar refractivity (Wildman–Crippen MR) is 244 cm³/mol. The third kappa shape index (κ3) is 19.1.